The van der Waals surface area contributed by atoms with E-state index in [0.29, 0.717) is 10.8 Å². The van der Waals surface area contributed by atoms with Crippen LogP contribution in [-0.2, 0) is 0 Å². The highest BCUT2D eigenvalue weighted by Gasteiger charge is 2.22. The quantitative estimate of drug-likeness (QED) is 0.685. The van der Waals surface area contributed by atoms with Gasteiger partial charge in [-0.1, -0.05) is 11.6 Å². The van der Waals surface area contributed by atoms with Gasteiger partial charge in [-0.3, -0.25) is 10.1 Å². The number of nitro groups is 1. The molecule has 0 saturated heterocycles. The van der Waals surface area contributed by atoms with Crippen LogP contribution >= 0.6 is 22.9 Å². The molecule has 1 unspecified atom stereocenters. The molecule has 2 rings (SSSR count). The topological polar surface area (TPSA) is 68.3 Å². The van der Waals surface area contributed by atoms with Gasteiger partial charge in [0.05, 0.1) is 11.1 Å². The molecule has 0 bridgehead atoms. The van der Waals surface area contributed by atoms with E-state index in [9.17, 15) is 10.1 Å². The Kier molecular flexibility index (Phi) is 3.46. The Bertz CT molecular complexity index is 537. The fourth-order valence-electron chi connectivity index (χ4n) is 1.51. The lowest BCUT2D eigenvalue weighted by Crippen LogP contribution is -2.16. The van der Waals surface area contributed by atoms with E-state index in [4.69, 9.17) is 16.0 Å². The third-order valence-electron chi connectivity index (χ3n) is 2.27. The van der Waals surface area contributed by atoms with Gasteiger partial charge in [0.15, 0.2) is 0 Å². The van der Waals surface area contributed by atoms with E-state index in [1.54, 1.807) is 19.2 Å². The molecule has 7 heteroatoms. The molecule has 1 atom stereocenters. The van der Waals surface area contributed by atoms with Crippen LogP contribution in [0.15, 0.2) is 28.0 Å². The second kappa shape index (κ2) is 4.87. The van der Waals surface area contributed by atoms with Crippen LogP contribution in [0.5, 0.6) is 0 Å². The molecule has 0 amide bonds. The van der Waals surface area contributed by atoms with Gasteiger partial charge in [0.25, 0.3) is 0 Å². The average Bonchev–Trinajstić information content (AvgIpc) is 2.90. The Labute approximate surface area is 106 Å². The van der Waals surface area contributed by atoms with E-state index in [1.165, 1.54) is 17.4 Å². The summed E-state index contributed by atoms with van der Waals surface area (Å²) in [6, 6.07) is 4.43. The summed E-state index contributed by atoms with van der Waals surface area (Å²) in [6.45, 7) is 0. The second-order valence-electron chi connectivity index (χ2n) is 3.29. The van der Waals surface area contributed by atoms with Crippen molar-refractivity contribution in [3.05, 3.63) is 49.4 Å². The Balaban J connectivity index is 2.35. The predicted octanol–water partition coefficient (Wildman–Crippen LogP) is 3.21. The minimum atomic E-state index is -0.563. The molecular weight excluding hydrogens is 264 g/mol. The average molecular weight is 273 g/mol. The summed E-state index contributed by atoms with van der Waals surface area (Å²) in [6.07, 6.45) is 0. The van der Waals surface area contributed by atoms with Crippen LogP contribution in [0.4, 0.5) is 5.88 Å². The maximum Gasteiger partial charge on any atom is 0.433 e. The Morgan fingerprint density at radius 1 is 1.53 bits per heavy atom. The van der Waals surface area contributed by atoms with Gasteiger partial charge in [-0.05, 0) is 24.6 Å². The molecule has 0 aliphatic carbocycles. The fourth-order valence-corrected chi connectivity index (χ4v) is 2.79. The summed E-state index contributed by atoms with van der Waals surface area (Å²) in [5.74, 6) is 0.205. The lowest BCUT2D eigenvalue weighted by atomic mass is 10.2. The molecule has 2 heterocycles. The van der Waals surface area contributed by atoms with Gasteiger partial charge < -0.3 is 9.73 Å². The molecule has 0 saturated carbocycles. The zero-order valence-electron chi connectivity index (χ0n) is 8.84. The van der Waals surface area contributed by atoms with E-state index < -0.39 is 4.92 Å². The second-order valence-corrected chi connectivity index (χ2v) is 4.64. The number of nitrogens with zero attached hydrogens (tertiary/aromatic N) is 1. The lowest BCUT2D eigenvalue weighted by Gasteiger charge is -2.11. The van der Waals surface area contributed by atoms with Crippen molar-refractivity contribution < 1.29 is 9.34 Å². The highest BCUT2D eigenvalue weighted by atomic mass is 35.5. The molecule has 5 nitrogen and oxygen atoms in total. The number of nitrogens with one attached hydrogen (secondary N) is 1. The molecule has 0 aliphatic heterocycles. The Hall–Kier alpha value is -1.37. The van der Waals surface area contributed by atoms with Gasteiger partial charge >= 0.3 is 5.88 Å². The molecule has 0 spiro atoms. The van der Waals surface area contributed by atoms with E-state index in [1.807, 2.05) is 5.38 Å². The summed E-state index contributed by atoms with van der Waals surface area (Å²) >= 11 is 7.50. The summed E-state index contributed by atoms with van der Waals surface area (Å²) in [4.78, 5) is 10.9. The molecule has 1 N–H and O–H groups in total. The summed E-state index contributed by atoms with van der Waals surface area (Å²) in [7, 11) is 1.75. The van der Waals surface area contributed by atoms with E-state index in [-0.39, 0.29) is 11.9 Å². The number of hydrogen-bond acceptors (Lipinski definition) is 5. The maximum absolute atomic E-state index is 10.5. The van der Waals surface area contributed by atoms with Crippen molar-refractivity contribution in [2.24, 2.45) is 0 Å². The molecule has 2 aromatic heterocycles. The van der Waals surface area contributed by atoms with Crippen molar-refractivity contribution in [3.63, 3.8) is 0 Å². The summed E-state index contributed by atoms with van der Waals surface area (Å²) in [5.41, 5.74) is 0. The van der Waals surface area contributed by atoms with Crippen LogP contribution in [0.1, 0.15) is 16.7 Å². The minimum absolute atomic E-state index is 0.267. The smallest absolute Gasteiger partial charge is 0.404 e. The van der Waals surface area contributed by atoms with Gasteiger partial charge in [-0.25, -0.2) is 0 Å². The first-order chi connectivity index (χ1) is 8.13. The summed E-state index contributed by atoms with van der Waals surface area (Å²) in [5, 5.41) is 16.0. The monoisotopic (exact) mass is 272 g/mol. The van der Waals surface area contributed by atoms with Gasteiger partial charge in [0, 0.05) is 4.88 Å². The first-order valence-electron chi connectivity index (χ1n) is 4.77. The maximum atomic E-state index is 10.5. The van der Waals surface area contributed by atoms with Crippen molar-refractivity contribution in [1.82, 2.24) is 5.32 Å². The molecule has 0 aliphatic rings. The van der Waals surface area contributed by atoms with Crippen molar-refractivity contribution >= 4 is 28.8 Å². The first-order valence-corrected chi connectivity index (χ1v) is 6.03. The zero-order valence-corrected chi connectivity index (χ0v) is 10.4. The zero-order chi connectivity index (χ0) is 12.4. The normalized spacial score (nSPS) is 12.6. The van der Waals surface area contributed by atoms with Gasteiger partial charge in [-0.15, -0.1) is 11.3 Å². The summed E-state index contributed by atoms with van der Waals surface area (Å²) < 4.78 is 5.16. The third-order valence-corrected chi connectivity index (χ3v) is 3.70. The highest BCUT2D eigenvalue weighted by molar-refractivity contribution is 7.10. The van der Waals surface area contributed by atoms with Crippen LogP contribution in [0.25, 0.3) is 0 Å². The van der Waals surface area contributed by atoms with E-state index >= 15 is 0 Å². The Morgan fingerprint density at radius 3 is 2.76 bits per heavy atom. The van der Waals surface area contributed by atoms with Crippen LogP contribution in [0, 0.1) is 10.1 Å². The van der Waals surface area contributed by atoms with Crippen LogP contribution in [-0.4, -0.2) is 12.0 Å². The molecule has 0 radical (unpaired) electrons. The van der Waals surface area contributed by atoms with Crippen LogP contribution in [0.3, 0.4) is 0 Å². The Morgan fingerprint density at radius 2 is 2.29 bits per heavy atom. The first kappa shape index (κ1) is 12.1. The third kappa shape index (κ3) is 2.33. The van der Waals surface area contributed by atoms with Crippen molar-refractivity contribution in [3.8, 4) is 0 Å². The molecule has 17 heavy (non-hydrogen) atoms. The van der Waals surface area contributed by atoms with E-state index in [2.05, 4.69) is 5.32 Å². The lowest BCUT2D eigenvalue weighted by molar-refractivity contribution is -0.402. The van der Waals surface area contributed by atoms with Gasteiger partial charge in [-0.2, -0.15) is 0 Å². The standard InChI is InChI=1S/C10H9ClN2O3S/c1-12-9(10-6(11)4-5-17-10)7-2-3-8(16-7)13(14)15/h2-5,9,12H,1H3. The number of halogens is 1. The largest absolute Gasteiger partial charge is 0.433 e. The number of furan rings is 1. The van der Waals surface area contributed by atoms with Crippen molar-refractivity contribution in [2.75, 3.05) is 7.05 Å². The highest BCUT2D eigenvalue weighted by Crippen LogP contribution is 2.34. The SMILES string of the molecule is CNC(c1ccc([N+](=O)[O-])o1)c1sccc1Cl. The molecule has 0 aromatic carbocycles. The minimum Gasteiger partial charge on any atom is -0.404 e. The molecule has 2 aromatic rings. The number of thiophene rings is 1. The molecular formula is C10H9ClN2O3S. The van der Waals surface area contributed by atoms with Crippen molar-refractivity contribution in [2.45, 2.75) is 6.04 Å². The van der Waals surface area contributed by atoms with E-state index in [0.717, 1.165) is 4.88 Å². The van der Waals surface area contributed by atoms with Crippen LogP contribution < -0.4 is 5.32 Å². The molecule has 90 valence electrons. The number of rotatable bonds is 4. The van der Waals surface area contributed by atoms with Gasteiger partial charge in [0.1, 0.15) is 16.7 Å². The predicted molar refractivity (Wildman–Crippen MR) is 65.6 cm³/mol. The number of hydrogen-bond donors (Lipinski definition) is 1. The van der Waals surface area contributed by atoms with Gasteiger partial charge in [0.2, 0.25) is 0 Å². The van der Waals surface area contributed by atoms with Crippen LogP contribution in [0.2, 0.25) is 5.02 Å². The fraction of sp³-hybridized carbons (Fsp3) is 0.200. The molecule has 0 fully saturated rings. The van der Waals surface area contributed by atoms with Crippen molar-refractivity contribution in [1.29, 1.82) is 0 Å².